The number of amides is 1. The number of nitrogens with two attached hydrogens (primary N) is 1. The lowest BCUT2D eigenvalue weighted by molar-refractivity contribution is -0.121. The standard InChI is InChI=1S/C15H24N2O3S.ClH/c1-11(16)14(18)17-9-10-21(19,20)13-7-5-12(6-8-13)15(2,3)4;/h5-8,11H,9-10,16H2,1-4H3,(H,17,18);1H/t11-;/m1./s1. The van der Waals surface area contributed by atoms with Crippen LogP contribution in [0.3, 0.4) is 0 Å². The molecule has 1 rings (SSSR count). The van der Waals surface area contributed by atoms with E-state index in [1.54, 1.807) is 19.1 Å². The number of rotatable bonds is 5. The minimum Gasteiger partial charge on any atom is -0.354 e. The van der Waals surface area contributed by atoms with Crippen LogP contribution in [0.4, 0.5) is 0 Å². The Morgan fingerprint density at radius 3 is 2.14 bits per heavy atom. The van der Waals surface area contributed by atoms with Gasteiger partial charge in [0, 0.05) is 6.54 Å². The number of carbonyl (C=O) groups excluding carboxylic acids is 1. The predicted molar refractivity (Wildman–Crippen MR) is 91.1 cm³/mol. The van der Waals surface area contributed by atoms with Crippen molar-refractivity contribution in [1.82, 2.24) is 5.32 Å². The Bertz CT molecular complexity index is 590. The largest absolute Gasteiger partial charge is 0.354 e. The predicted octanol–water partition coefficient (Wildman–Crippen LogP) is 1.64. The quantitative estimate of drug-likeness (QED) is 0.846. The van der Waals surface area contributed by atoms with Crippen molar-refractivity contribution in [1.29, 1.82) is 0 Å². The average Bonchev–Trinajstić information content (AvgIpc) is 2.37. The van der Waals surface area contributed by atoms with Gasteiger partial charge < -0.3 is 11.1 Å². The van der Waals surface area contributed by atoms with Crippen LogP contribution in [-0.4, -0.2) is 32.7 Å². The Labute approximate surface area is 139 Å². The molecular formula is C15H25ClN2O3S. The maximum absolute atomic E-state index is 12.2. The fourth-order valence-corrected chi connectivity index (χ4v) is 2.91. The van der Waals surface area contributed by atoms with E-state index in [0.29, 0.717) is 0 Å². The topological polar surface area (TPSA) is 89.3 Å². The van der Waals surface area contributed by atoms with Crippen molar-refractivity contribution < 1.29 is 13.2 Å². The van der Waals surface area contributed by atoms with Crippen LogP contribution >= 0.6 is 12.4 Å². The maximum atomic E-state index is 12.2. The first-order chi connectivity index (χ1) is 9.54. The van der Waals surface area contributed by atoms with Gasteiger partial charge in [-0.25, -0.2) is 8.42 Å². The molecule has 1 aromatic carbocycles. The van der Waals surface area contributed by atoms with Crippen LogP contribution in [0.1, 0.15) is 33.3 Å². The highest BCUT2D eigenvalue weighted by molar-refractivity contribution is 7.91. The average molecular weight is 349 g/mol. The van der Waals surface area contributed by atoms with Gasteiger partial charge in [0.05, 0.1) is 16.7 Å². The van der Waals surface area contributed by atoms with Crippen LogP contribution < -0.4 is 11.1 Å². The summed E-state index contributed by atoms with van der Waals surface area (Å²) in [7, 11) is -3.40. The molecule has 0 heterocycles. The molecule has 0 unspecified atom stereocenters. The molecule has 3 N–H and O–H groups in total. The zero-order valence-corrected chi connectivity index (χ0v) is 15.1. The SMILES string of the molecule is C[C@@H](N)C(=O)NCCS(=O)(=O)c1ccc(C(C)(C)C)cc1.Cl. The van der Waals surface area contributed by atoms with Crippen LogP contribution in [0.5, 0.6) is 0 Å². The van der Waals surface area contributed by atoms with Gasteiger partial charge >= 0.3 is 0 Å². The molecule has 126 valence electrons. The highest BCUT2D eigenvalue weighted by atomic mass is 35.5. The summed E-state index contributed by atoms with van der Waals surface area (Å²) in [4.78, 5) is 11.6. The summed E-state index contributed by atoms with van der Waals surface area (Å²) in [6.07, 6.45) is 0. The number of nitrogens with one attached hydrogen (secondary N) is 1. The van der Waals surface area contributed by atoms with Gasteiger partial charge in [-0.15, -0.1) is 12.4 Å². The van der Waals surface area contributed by atoms with Crippen molar-refractivity contribution in [2.24, 2.45) is 5.73 Å². The lowest BCUT2D eigenvalue weighted by atomic mass is 9.87. The molecule has 0 fully saturated rings. The number of carbonyl (C=O) groups is 1. The van der Waals surface area contributed by atoms with Crippen molar-refractivity contribution in [3.63, 3.8) is 0 Å². The third-order valence-electron chi connectivity index (χ3n) is 3.16. The first kappa shape index (κ1) is 20.9. The fraction of sp³-hybridized carbons (Fsp3) is 0.533. The van der Waals surface area contributed by atoms with Crippen molar-refractivity contribution in [3.05, 3.63) is 29.8 Å². The molecule has 0 spiro atoms. The smallest absolute Gasteiger partial charge is 0.236 e. The van der Waals surface area contributed by atoms with E-state index in [9.17, 15) is 13.2 Å². The molecule has 1 aromatic rings. The highest BCUT2D eigenvalue weighted by Gasteiger charge is 2.18. The zero-order valence-electron chi connectivity index (χ0n) is 13.4. The van der Waals surface area contributed by atoms with Crippen LogP contribution in [0, 0.1) is 0 Å². The molecule has 22 heavy (non-hydrogen) atoms. The summed E-state index contributed by atoms with van der Waals surface area (Å²) < 4.78 is 24.3. The van der Waals surface area contributed by atoms with Crippen LogP contribution in [0.15, 0.2) is 29.2 Å². The van der Waals surface area contributed by atoms with Crippen molar-refractivity contribution in [2.45, 2.75) is 44.0 Å². The monoisotopic (exact) mass is 348 g/mol. The summed E-state index contributed by atoms with van der Waals surface area (Å²) in [5, 5.41) is 2.50. The molecule has 0 bridgehead atoms. The minimum absolute atomic E-state index is 0. The van der Waals surface area contributed by atoms with Gasteiger partial charge in [0.15, 0.2) is 9.84 Å². The van der Waals surface area contributed by atoms with E-state index in [1.807, 2.05) is 12.1 Å². The molecular weight excluding hydrogens is 324 g/mol. The summed E-state index contributed by atoms with van der Waals surface area (Å²) in [5.74, 6) is -0.492. The van der Waals surface area contributed by atoms with Gasteiger partial charge in [0.1, 0.15) is 0 Å². The van der Waals surface area contributed by atoms with Gasteiger partial charge in [-0.2, -0.15) is 0 Å². The number of halogens is 1. The third kappa shape index (κ3) is 5.94. The van der Waals surface area contributed by atoms with Crippen molar-refractivity contribution >= 4 is 28.2 Å². The second kappa shape index (κ2) is 7.94. The Morgan fingerprint density at radius 1 is 1.23 bits per heavy atom. The molecule has 0 aliphatic rings. The summed E-state index contributed by atoms with van der Waals surface area (Å²) in [6.45, 7) is 7.82. The molecule has 7 heteroatoms. The second-order valence-electron chi connectivity index (χ2n) is 6.17. The van der Waals surface area contributed by atoms with Crippen LogP contribution in [0.25, 0.3) is 0 Å². The van der Waals surface area contributed by atoms with Gasteiger partial charge in [-0.1, -0.05) is 32.9 Å². The fourth-order valence-electron chi connectivity index (χ4n) is 1.75. The number of hydrogen-bond acceptors (Lipinski definition) is 4. The minimum atomic E-state index is -3.40. The summed E-state index contributed by atoms with van der Waals surface area (Å²) in [6, 6.07) is 6.24. The first-order valence-corrected chi connectivity index (χ1v) is 8.56. The molecule has 1 amide bonds. The Morgan fingerprint density at radius 2 is 1.73 bits per heavy atom. The van der Waals surface area contributed by atoms with E-state index in [4.69, 9.17) is 5.73 Å². The molecule has 0 aliphatic carbocycles. The molecule has 0 radical (unpaired) electrons. The van der Waals surface area contributed by atoms with Gasteiger partial charge in [-0.05, 0) is 30.0 Å². The second-order valence-corrected chi connectivity index (χ2v) is 8.28. The van der Waals surface area contributed by atoms with Crippen LogP contribution in [0.2, 0.25) is 0 Å². The highest BCUT2D eigenvalue weighted by Crippen LogP contribution is 2.23. The molecule has 1 atom stereocenters. The maximum Gasteiger partial charge on any atom is 0.236 e. The molecule has 0 saturated heterocycles. The molecule has 5 nitrogen and oxygen atoms in total. The van der Waals surface area contributed by atoms with Gasteiger partial charge in [-0.3, -0.25) is 4.79 Å². The van der Waals surface area contributed by atoms with E-state index in [1.165, 1.54) is 0 Å². The number of sulfone groups is 1. The Hall–Kier alpha value is -1.11. The van der Waals surface area contributed by atoms with Crippen LogP contribution in [-0.2, 0) is 20.0 Å². The Balaban J connectivity index is 0.00000441. The van der Waals surface area contributed by atoms with Gasteiger partial charge in [0.25, 0.3) is 0 Å². The number of benzene rings is 1. The van der Waals surface area contributed by atoms with E-state index in [-0.39, 0.29) is 40.9 Å². The molecule has 0 saturated carbocycles. The van der Waals surface area contributed by atoms with Gasteiger partial charge in [0.2, 0.25) is 5.91 Å². The summed E-state index contributed by atoms with van der Waals surface area (Å²) >= 11 is 0. The zero-order chi connectivity index (χ0) is 16.3. The van der Waals surface area contributed by atoms with E-state index in [2.05, 4.69) is 26.1 Å². The first-order valence-electron chi connectivity index (χ1n) is 6.90. The lowest BCUT2D eigenvalue weighted by Crippen LogP contribution is -2.40. The lowest BCUT2D eigenvalue weighted by Gasteiger charge is -2.19. The van der Waals surface area contributed by atoms with E-state index < -0.39 is 15.9 Å². The normalized spacial score (nSPS) is 13.1. The molecule has 0 aliphatic heterocycles. The van der Waals surface area contributed by atoms with Crippen molar-refractivity contribution in [3.8, 4) is 0 Å². The van der Waals surface area contributed by atoms with E-state index >= 15 is 0 Å². The number of hydrogen-bond donors (Lipinski definition) is 2. The molecule has 0 aromatic heterocycles. The third-order valence-corrected chi connectivity index (χ3v) is 4.90. The van der Waals surface area contributed by atoms with Crippen molar-refractivity contribution in [2.75, 3.05) is 12.3 Å². The summed E-state index contributed by atoms with van der Waals surface area (Å²) in [5.41, 5.74) is 6.45. The van der Waals surface area contributed by atoms with E-state index in [0.717, 1.165) is 5.56 Å². The Kier molecular flexibility index (Phi) is 7.54.